The quantitative estimate of drug-likeness (QED) is 0.0317. The molecule has 11 heteroatoms. The maximum Gasteiger partial charge on any atom is 0.326 e. The van der Waals surface area contributed by atoms with E-state index in [4.69, 9.17) is 10.2 Å². The Morgan fingerprint density at radius 2 is 0.902 bits per heavy atom. The summed E-state index contributed by atoms with van der Waals surface area (Å²) >= 11 is 1.82. The van der Waals surface area contributed by atoms with Gasteiger partial charge in [0.15, 0.2) is 0 Å². The maximum atomic E-state index is 12.2. The van der Waals surface area contributed by atoms with Gasteiger partial charge in [0.1, 0.15) is 17.9 Å². The SMILES string of the molecule is O=C(O)CCCCCCCCCCCCCCCCC(=O)N[C@@H](CCC(=O)CCCCC[C@H](NI)C(=O)O)C(=O)O. The number of nitrogens with one attached hydrogen (secondary N) is 2. The van der Waals surface area contributed by atoms with E-state index in [1.54, 1.807) is 0 Å². The van der Waals surface area contributed by atoms with Gasteiger partial charge in [0.25, 0.3) is 0 Å². The van der Waals surface area contributed by atoms with Crippen LogP contribution in [-0.4, -0.2) is 57.0 Å². The van der Waals surface area contributed by atoms with Gasteiger partial charge in [-0.25, -0.2) is 8.32 Å². The van der Waals surface area contributed by atoms with Crippen molar-refractivity contribution in [3.63, 3.8) is 0 Å². The van der Waals surface area contributed by atoms with Crippen molar-refractivity contribution in [3.8, 4) is 0 Å². The van der Waals surface area contributed by atoms with Crippen molar-refractivity contribution in [3.05, 3.63) is 0 Å². The van der Waals surface area contributed by atoms with E-state index < -0.39 is 30.0 Å². The van der Waals surface area contributed by atoms with E-state index in [-0.39, 0.29) is 37.4 Å². The number of hydrogen-bond donors (Lipinski definition) is 5. The van der Waals surface area contributed by atoms with Crippen molar-refractivity contribution in [2.75, 3.05) is 0 Å². The minimum atomic E-state index is -1.13. The number of unbranched alkanes of at least 4 members (excludes halogenated alkanes) is 15. The second-order valence-electron chi connectivity index (χ2n) is 11.0. The fraction of sp³-hybridized carbons (Fsp3) is 0.833. The molecule has 0 unspecified atom stereocenters. The Bertz CT molecular complexity index is 750. The van der Waals surface area contributed by atoms with Gasteiger partial charge in [0.2, 0.25) is 5.91 Å². The van der Waals surface area contributed by atoms with Crippen molar-refractivity contribution >= 4 is 52.5 Å². The third-order valence-electron chi connectivity index (χ3n) is 7.27. The number of amides is 1. The average molecular weight is 697 g/mol. The molecule has 0 aromatic heterocycles. The Morgan fingerprint density at radius 3 is 1.34 bits per heavy atom. The molecule has 41 heavy (non-hydrogen) atoms. The van der Waals surface area contributed by atoms with Crippen molar-refractivity contribution in [2.24, 2.45) is 0 Å². The van der Waals surface area contributed by atoms with Crippen LogP contribution < -0.4 is 8.85 Å². The lowest BCUT2D eigenvalue weighted by molar-refractivity contribution is -0.142. The van der Waals surface area contributed by atoms with Gasteiger partial charge in [-0.15, -0.1) is 0 Å². The summed E-state index contributed by atoms with van der Waals surface area (Å²) in [7, 11) is 0. The van der Waals surface area contributed by atoms with Crippen LogP contribution in [0.15, 0.2) is 0 Å². The molecule has 10 nitrogen and oxygen atoms in total. The van der Waals surface area contributed by atoms with Crippen molar-refractivity contribution in [1.29, 1.82) is 0 Å². The molecule has 0 aromatic carbocycles. The van der Waals surface area contributed by atoms with Gasteiger partial charge in [-0.05, 0) is 32.1 Å². The Balaban J connectivity index is 3.73. The Hall–Kier alpha value is -1.76. The minimum absolute atomic E-state index is 0.0442. The molecule has 1 amide bonds. The highest BCUT2D eigenvalue weighted by Gasteiger charge is 2.21. The molecule has 0 heterocycles. The van der Waals surface area contributed by atoms with E-state index in [2.05, 4.69) is 8.85 Å². The maximum absolute atomic E-state index is 12.2. The molecule has 0 saturated heterocycles. The summed E-state index contributed by atoms with van der Waals surface area (Å²) in [6, 6.07) is -1.66. The number of hydrogen-bond acceptors (Lipinski definition) is 6. The Labute approximate surface area is 259 Å². The normalized spacial score (nSPS) is 12.5. The van der Waals surface area contributed by atoms with Crippen LogP contribution >= 0.6 is 22.9 Å². The van der Waals surface area contributed by atoms with E-state index >= 15 is 0 Å². The molecule has 0 rings (SSSR count). The van der Waals surface area contributed by atoms with Crippen LogP contribution in [0.1, 0.15) is 148 Å². The molecule has 0 bridgehead atoms. The number of ketones is 1. The van der Waals surface area contributed by atoms with Gasteiger partial charge < -0.3 is 20.6 Å². The minimum Gasteiger partial charge on any atom is -0.481 e. The second kappa shape index (κ2) is 27.1. The average Bonchev–Trinajstić information content (AvgIpc) is 2.92. The lowest BCUT2D eigenvalue weighted by Gasteiger charge is -2.14. The van der Waals surface area contributed by atoms with E-state index in [0.29, 0.717) is 25.7 Å². The number of halogens is 1. The van der Waals surface area contributed by atoms with Crippen molar-refractivity contribution in [1.82, 2.24) is 8.85 Å². The number of carboxylic acid groups (broad SMARTS) is 3. The summed E-state index contributed by atoms with van der Waals surface area (Å²) < 4.78 is 2.70. The molecule has 2 atom stereocenters. The van der Waals surface area contributed by atoms with Gasteiger partial charge in [0.05, 0.1) is 0 Å². The standard InChI is InChI=1S/C30H53IN2O8/c31-33-26(30(40)41)19-15-13-14-18-24(34)22-23-25(29(38)39)32-27(35)20-16-11-9-7-5-3-1-2-4-6-8-10-12-17-21-28(36)37/h25-26,33H,1-23H2,(H,32,35)(H,36,37)(H,38,39)(H,40,41)/t25-,26-/m0/s1. The van der Waals surface area contributed by atoms with E-state index in [0.717, 1.165) is 51.4 Å². The van der Waals surface area contributed by atoms with Gasteiger partial charge in [0, 0.05) is 48.5 Å². The van der Waals surface area contributed by atoms with Gasteiger partial charge in [-0.2, -0.15) is 0 Å². The first kappa shape index (κ1) is 39.2. The summed E-state index contributed by atoms with van der Waals surface area (Å²) in [5, 5.41) is 29.6. The van der Waals surface area contributed by atoms with E-state index in [1.807, 2.05) is 22.9 Å². The lowest BCUT2D eigenvalue weighted by atomic mass is 10.0. The van der Waals surface area contributed by atoms with Crippen LogP contribution in [0.5, 0.6) is 0 Å². The summed E-state index contributed by atoms with van der Waals surface area (Å²) in [4.78, 5) is 57.3. The third kappa shape index (κ3) is 25.7. The topological polar surface area (TPSA) is 170 Å². The van der Waals surface area contributed by atoms with Gasteiger partial charge in [-0.1, -0.05) is 89.9 Å². The van der Waals surface area contributed by atoms with Crippen LogP contribution in [0, 0.1) is 0 Å². The molecule has 0 radical (unpaired) electrons. The highest BCUT2D eigenvalue weighted by molar-refractivity contribution is 14.1. The number of rotatable bonds is 30. The molecular weight excluding hydrogens is 643 g/mol. The first-order valence-electron chi connectivity index (χ1n) is 15.5. The van der Waals surface area contributed by atoms with Crippen LogP contribution in [0.3, 0.4) is 0 Å². The molecule has 0 aliphatic carbocycles. The first-order chi connectivity index (χ1) is 19.7. The third-order valence-corrected chi connectivity index (χ3v) is 8.02. The number of Topliss-reactive ketones (excluding diaryl/α,β-unsaturated/α-hetero) is 1. The molecule has 0 aromatic rings. The molecule has 0 fully saturated rings. The second-order valence-corrected chi connectivity index (χ2v) is 11.6. The zero-order valence-electron chi connectivity index (χ0n) is 24.7. The lowest BCUT2D eigenvalue weighted by Crippen LogP contribution is -2.41. The summed E-state index contributed by atoms with van der Waals surface area (Å²) in [5.74, 6) is -3.07. The van der Waals surface area contributed by atoms with E-state index in [1.165, 1.54) is 44.9 Å². The molecular formula is C30H53IN2O8. The fourth-order valence-electron chi connectivity index (χ4n) is 4.71. The molecule has 0 spiro atoms. The molecule has 0 saturated carbocycles. The van der Waals surface area contributed by atoms with Crippen molar-refractivity contribution < 1.29 is 39.3 Å². The highest BCUT2D eigenvalue weighted by Crippen LogP contribution is 2.14. The van der Waals surface area contributed by atoms with Crippen LogP contribution in [0.4, 0.5) is 0 Å². The predicted molar refractivity (Wildman–Crippen MR) is 167 cm³/mol. The molecule has 5 N–H and O–H groups in total. The molecule has 0 aliphatic heterocycles. The highest BCUT2D eigenvalue weighted by atomic mass is 127. The first-order valence-corrected chi connectivity index (χ1v) is 16.6. The predicted octanol–water partition coefficient (Wildman–Crippen LogP) is 6.57. The molecule has 238 valence electrons. The van der Waals surface area contributed by atoms with Crippen LogP contribution in [0.25, 0.3) is 0 Å². The Morgan fingerprint density at radius 1 is 0.488 bits per heavy atom. The Kier molecular flexibility index (Phi) is 25.9. The number of carbonyl (C=O) groups excluding carboxylic acids is 2. The smallest absolute Gasteiger partial charge is 0.326 e. The molecule has 0 aliphatic rings. The summed E-state index contributed by atoms with van der Waals surface area (Å²) in [6.07, 6.45) is 18.9. The summed E-state index contributed by atoms with van der Waals surface area (Å²) in [6.45, 7) is 0. The monoisotopic (exact) mass is 696 g/mol. The van der Waals surface area contributed by atoms with Crippen molar-refractivity contribution in [2.45, 2.75) is 160 Å². The van der Waals surface area contributed by atoms with Crippen LogP contribution in [-0.2, 0) is 24.0 Å². The number of aliphatic carboxylic acids is 3. The van der Waals surface area contributed by atoms with Gasteiger partial charge in [-0.3, -0.25) is 19.2 Å². The fourth-order valence-corrected chi connectivity index (χ4v) is 5.29. The zero-order valence-corrected chi connectivity index (χ0v) is 26.8. The number of carboxylic acids is 3. The summed E-state index contributed by atoms with van der Waals surface area (Å²) in [5.41, 5.74) is 0. The number of carbonyl (C=O) groups is 5. The van der Waals surface area contributed by atoms with Gasteiger partial charge >= 0.3 is 17.9 Å². The van der Waals surface area contributed by atoms with Crippen LogP contribution in [0.2, 0.25) is 0 Å². The van der Waals surface area contributed by atoms with E-state index in [9.17, 15) is 29.1 Å². The zero-order chi connectivity index (χ0) is 30.7. The largest absolute Gasteiger partial charge is 0.481 e.